The van der Waals surface area contributed by atoms with E-state index in [-0.39, 0.29) is 24.1 Å². The van der Waals surface area contributed by atoms with Crippen LogP contribution in [0, 0.1) is 0 Å². The maximum atomic E-state index is 13.0. The molecule has 0 bridgehead atoms. The second kappa shape index (κ2) is 7.97. The van der Waals surface area contributed by atoms with Crippen molar-refractivity contribution < 1.29 is 14.4 Å². The van der Waals surface area contributed by atoms with E-state index >= 15 is 0 Å². The molecule has 140 valence electrons. The van der Waals surface area contributed by atoms with Gasteiger partial charge in [-0.3, -0.25) is 19.7 Å². The van der Waals surface area contributed by atoms with E-state index in [1.54, 1.807) is 4.90 Å². The van der Waals surface area contributed by atoms with Crippen molar-refractivity contribution in [3.8, 4) is 0 Å². The highest BCUT2D eigenvalue weighted by molar-refractivity contribution is 6.05. The van der Waals surface area contributed by atoms with Crippen LogP contribution in [0.5, 0.6) is 0 Å². The van der Waals surface area contributed by atoms with Gasteiger partial charge in [0, 0.05) is 25.1 Å². The lowest BCUT2D eigenvalue weighted by Gasteiger charge is -2.29. The van der Waals surface area contributed by atoms with Crippen molar-refractivity contribution in [2.75, 3.05) is 27.2 Å². The van der Waals surface area contributed by atoms with E-state index in [0.717, 1.165) is 36.2 Å². The van der Waals surface area contributed by atoms with Gasteiger partial charge in [-0.15, -0.1) is 0 Å². The Hall–Kier alpha value is -2.25. The lowest BCUT2D eigenvalue weighted by atomic mass is 10.0. The number of benzene rings is 1. The molecule has 26 heavy (non-hydrogen) atoms. The van der Waals surface area contributed by atoms with E-state index < -0.39 is 6.04 Å². The highest BCUT2D eigenvalue weighted by atomic mass is 16.2. The van der Waals surface area contributed by atoms with Crippen molar-refractivity contribution in [1.29, 1.82) is 0 Å². The SMILES string of the molecule is CNCCCN(C)Cc1cccc2c1C(=O)N(C1CCC(=O)NC1=O)C2. The van der Waals surface area contributed by atoms with Crippen LogP contribution in [0.3, 0.4) is 0 Å². The highest BCUT2D eigenvalue weighted by Crippen LogP contribution is 2.30. The summed E-state index contributed by atoms with van der Waals surface area (Å²) in [6.45, 7) is 3.02. The number of carbonyl (C=O) groups is 3. The summed E-state index contributed by atoms with van der Waals surface area (Å²) >= 11 is 0. The molecule has 1 fully saturated rings. The van der Waals surface area contributed by atoms with Crippen molar-refractivity contribution in [1.82, 2.24) is 20.4 Å². The van der Waals surface area contributed by atoms with Crippen LogP contribution < -0.4 is 10.6 Å². The molecule has 0 radical (unpaired) electrons. The maximum Gasteiger partial charge on any atom is 0.255 e. The number of nitrogens with one attached hydrogen (secondary N) is 2. The second-order valence-corrected chi connectivity index (χ2v) is 7.05. The predicted octanol–water partition coefficient (Wildman–Crippen LogP) is 0.489. The molecule has 7 nitrogen and oxygen atoms in total. The van der Waals surface area contributed by atoms with Gasteiger partial charge in [0.05, 0.1) is 0 Å². The fourth-order valence-electron chi connectivity index (χ4n) is 3.72. The molecule has 3 rings (SSSR count). The number of hydrogen-bond donors (Lipinski definition) is 2. The van der Waals surface area contributed by atoms with Gasteiger partial charge >= 0.3 is 0 Å². The number of amides is 3. The molecule has 0 saturated carbocycles. The first-order valence-corrected chi connectivity index (χ1v) is 9.10. The van der Waals surface area contributed by atoms with E-state index in [0.29, 0.717) is 19.5 Å². The summed E-state index contributed by atoms with van der Waals surface area (Å²) in [5.41, 5.74) is 2.67. The Kier molecular flexibility index (Phi) is 5.68. The Bertz CT molecular complexity index is 719. The first kappa shape index (κ1) is 18.5. The topological polar surface area (TPSA) is 81.8 Å². The van der Waals surface area contributed by atoms with Crippen LogP contribution in [0.1, 0.15) is 40.7 Å². The van der Waals surface area contributed by atoms with E-state index in [2.05, 4.69) is 15.5 Å². The third-order valence-corrected chi connectivity index (χ3v) is 5.05. The number of rotatable bonds is 7. The minimum absolute atomic E-state index is 0.103. The van der Waals surface area contributed by atoms with Crippen LogP contribution in [0.15, 0.2) is 18.2 Å². The summed E-state index contributed by atoms with van der Waals surface area (Å²) in [5.74, 6) is -0.735. The lowest BCUT2D eigenvalue weighted by Crippen LogP contribution is -2.52. The average Bonchev–Trinajstić information content (AvgIpc) is 2.93. The van der Waals surface area contributed by atoms with Gasteiger partial charge in [-0.05, 0) is 51.2 Å². The molecule has 2 aliphatic heterocycles. The Morgan fingerprint density at radius 1 is 1.31 bits per heavy atom. The molecule has 1 saturated heterocycles. The standard InChI is InChI=1S/C19H26N4O3/c1-20-9-4-10-22(2)11-13-5-3-6-14-12-23(19(26)17(13)14)15-7-8-16(24)21-18(15)25/h3,5-6,15,20H,4,7-12H2,1-2H3,(H,21,24,25). The first-order chi connectivity index (χ1) is 12.5. The molecule has 0 spiro atoms. The molecule has 1 aromatic carbocycles. The van der Waals surface area contributed by atoms with Crippen molar-refractivity contribution in [2.24, 2.45) is 0 Å². The predicted molar refractivity (Wildman–Crippen MR) is 97.4 cm³/mol. The number of nitrogens with zero attached hydrogens (tertiary/aromatic N) is 2. The lowest BCUT2D eigenvalue weighted by molar-refractivity contribution is -0.136. The van der Waals surface area contributed by atoms with Crippen molar-refractivity contribution in [2.45, 2.75) is 38.4 Å². The van der Waals surface area contributed by atoms with Crippen LogP contribution in [-0.2, 0) is 22.7 Å². The van der Waals surface area contributed by atoms with Gasteiger partial charge in [0.1, 0.15) is 6.04 Å². The third kappa shape index (κ3) is 3.78. The second-order valence-electron chi connectivity index (χ2n) is 7.05. The van der Waals surface area contributed by atoms with Crippen molar-refractivity contribution >= 4 is 17.7 Å². The average molecular weight is 358 g/mol. The molecule has 3 amide bonds. The minimum Gasteiger partial charge on any atom is -0.322 e. The summed E-state index contributed by atoms with van der Waals surface area (Å²) in [5, 5.41) is 5.48. The molecule has 2 heterocycles. The zero-order valence-electron chi connectivity index (χ0n) is 15.4. The van der Waals surface area contributed by atoms with Crippen LogP contribution in [0.2, 0.25) is 0 Å². The summed E-state index contributed by atoms with van der Waals surface area (Å²) in [6, 6.07) is 5.34. The fourth-order valence-corrected chi connectivity index (χ4v) is 3.72. The van der Waals surface area contributed by atoms with Crippen LogP contribution in [0.4, 0.5) is 0 Å². The zero-order chi connectivity index (χ0) is 18.7. The van der Waals surface area contributed by atoms with E-state index in [1.807, 2.05) is 32.3 Å². The van der Waals surface area contributed by atoms with Gasteiger partial charge in [-0.25, -0.2) is 0 Å². The molecule has 7 heteroatoms. The van der Waals surface area contributed by atoms with Crippen molar-refractivity contribution in [3.05, 3.63) is 34.9 Å². The molecule has 0 aliphatic carbocycles. The molecular formula is C19H26N4O3. The van der Waals surface area contributed by atoms with Gasteiger partial charge in [0.15, 0.2) is 0 Å². The molecule has 1 atom stereocenters. The number of carbonyl (C=O) groups excluding carboxylic acids is 3. The maximum absolute atomic E-state index is 13.0. The zero-order valence-corrected chi connectivity index (χ0v) is 15.4. The first-order valence-electron chi connectivity index (χ1n) is 9.10. The Morgan fingerprint density at radius 2 is 2.12 bits per heavy atom. The number of hydrogen-bond acceptors (Lipinski definition) is 5. The molecule has 1 aromatic rings. The minimum atomic E-state index is -0.561. The molecule has 2 aliphatic rings. The fraction of sp³-hybridized carbons (Fsp3) is 0.526. The third-order valence-electron chi connectivity index (χ3n) is 5.05. The van der Waals surface area contributed by atoms with E-state index in [9.17, 15) is 14.4 Å². The Balaban J connectivity index is 1.74. The normalized spacial score (nSPS) is 19.9. The highest BCUT2D eigenvalue weighted by Gasteiger charge is 2.39. The van der Waals surface area contributed by atoms with E-state index in [4.69, 9.17) is 0 Å². The molecular weight excluding hydrogens is 332 g/mol. The number of fused-ring (bicyclic) bond motifs is 1. The van der Waals surface area contributed by atoms with Gasteiger partial charge < -0.3 is 15.1 Å². The number of piperidine rings is 1. The molecule has 1 unspecified atom stereocenters. The van der Waals surface area contributed by atoms with E-state index in [1.165, 1.54) is 0 Å². The number of imide groups is 1. The Labute approximate surface area is 153 Å². The smallest absolute Gasteiger partial charge is 0.255 e. The van der Waals surface area contributed by atoms with Crippen LogP contribution in [-0.4, -0.2) is 60.7 Å². The van der Waals surface area contributed by atoms with Gasteiger partial charge in [-0.2, -0.15) is 0 Å². The summed E-state index contributed by atoms with van der Waals surface area (Å²) in [4.78, 5) is 40.4. The van der Waals surface area contributed by atoms with Crippen LogP contribution >= 0.6 is 0 Å². The Morgan fingerprint density at radius 3 is 2.85 bits per heavy atom. The van der Waals surface area contributed by atoms with Crippen molar-refractivity contribution in [3.63, 3.8) is 0 Å². The quantitative estimate of drug-likeness (QED) is 0.548. The summed E-state index contributed by atoms with van der Waals surface area (Å²) in [7, 11) is 3.98. The van der Waals surface area contributed by atoms with Gasteiger partial charge in [0.25, 0.3) is 5.91 Å². The van der Waals surface area contributed by atoms with Gasteiger partial charge in [0.2, 0.25) is 11.8 Å². The molecule has 0 aromatic heterocycles. The monoisotopic (exact) mass is 358 g/mol. The van der Waals surface area contributed by atoms with Gasteiger partial charge in [-0.1, -0.05) is 18.2 Å². The molecule has 2 N–H and O–H groups in total. The summed E-state index contributed by atoms with van der Waals surface area (Å²) < 4.78 is 0. The summed E-state index contributed by atoms with van der Waals surface area (Å²) in [6.07, 6.45) is 1.71. The van der Waals surface area contributed by atoms with Crippen LogP contribution in [0.25, 0.3) is 0 Å². The largest absolute Gasteiger partial charge is 0.322 e.